The monoisotopic (exact) mass is 285 g/mol. The molecular weight excluding hydrogens is 270 g/mol. The zero-order chi connectivity index (χ0) is 14.4. The maximum atomic E-state index is 11.8. The van der Waals surface area contributed by atoms with Crippen molar-refractivity contribution in [2.45, 2.75) is 12.1 Å². The smallest absolute Gasteiger partial charge is 0.248 e. The Bertz CT molecular complexity index is 606. The van der Waals surface area contributed by atoms with E-state index < -0.39 is 0 Å². The second kappa shape index (κ2) is 6.86. The van der Waals surface area contributed by atoms with Crippen molar-refractivity contribution in [1.82, 2.24) is 9.97 Å². The number of hydrogen-bond donors (Lipinski definition) is 1. The van der Waals surface area contributed by atoms with Crippen LogP contribution in [0.4, 0.5) is 5.69 Å². The predicted octanol–water partition coefficient (Wildman–Crippen LogP) is 3.16. The predicted molar refractivity (Wildman–Crippen MR) is 82.7 cm³/mol. The molecule has 0 unspecified atom stereocenters. The summed E-state index contributed by atoms with van der Waals surface area (Å²) in [6, 6.07) is 7.65. The van der Waals surface area contributed by atoms with Crippen molar-refractivity contribution in [2.24, 2.45) is 0 Å². The number of aryl methyl sites for hydroxylation is 1. The fraction of sp³-hybridized carbons (Fsp3) is 0.133. The zero-order valence-electron chi connectivity index (χ0n) is 11.3. The number of hydrogen-bond acceptors (Lipinski definition) is 4. The molecule has 20 heavy (non-hydrogen) atoms. The molecule has 0 aliphatic heterocycles. The molecule has 1 N–H and O–H groups in total. The number of benzene rings is 1. The topological polar surface area (TPSA) is 54.9 Å². The van der Waals surface area contributed by atoms with Gasteiger partial charge in [0.2, 0.25) is 5.91 Å². The van der Waals surface area contributed by atoms with Gasteiger partial charge in [0.15, 0.2) is 5.16 Å². The van der Waals surface area contributed by atoms with Crippen molar-refractivity contribution in [3.05, 3.63) is 53.9 Å². The largest absolute Gasteiger partial charge is 0.323 e. The van der Waals surface area contributed by atoms with Gasteiger partial charge < -0.3 is 5.32 Å². The fourth-order valence-electron chi connectivity index (χ4n) is 1.51. The molecule has 1 aromatic heterocycles. The third kappa shape index (κ3) is 4.20. The molecule has 0 spiro atoms. The summed E-state index contributed by atoms with van der Waals surface area (Å²) in [6.45, 7) is 2.00. The third-order valence-corrected chi connectivity index (χ3v) is 3.15. The van der Waals surface area contributed by atoms with Gasteiger partial charge in [-0.1, -0.05) is 29.5 Å². The highest BCUT2D eigenvalue weighted by Gasteiger charge is 1.98. The van der Waals surface area contributed by atoms with Gasteiger partial charge in [0, 0.05) is 29.7 Å². The van der Waals surface area contributed by atoms with E-state index in [1.807, 2.05) is 37.4 Å². The molecule has 0 aliphatic carbocycles. The maximum absolute atomic E-state index is 11.8. The van der Waals surface area contributed by atoms with Gasteiger partial charge in [-0.05, 0) is 31.4 Å². The van der Waals surface area contributed by atoms with Crippen molar-refractivity contribution in [1.29, 1.82) is 0 Å². The average Bonchev–Trinajstić information content (AvgIpc) is 2.48. The summed E-state index contributed by atoms with van der Waals surface area (Å²) in [6.07, 6.45) is 8.45. The number of aromatic nitrogens is 2. The second-order valence-corrected chi connectivity index (χ2v) is 4.97. The van der Waals surface area contributed by atoms with Crippen LogP contribution < -0.4 is 5.32 Å². The molecular formula is C15H15N3OS. The molecule has 4 nitrogen and oxygen atoms in total. The Morgan fingerprint density at radius 1 is 1.20 bits per heavy atom. The van der Waals surface area contributed by atoms with Crippen LogP contribution >= 0.6 is 11.8 Å². The number of amides is 1. The first-order valence-electron chi connectivity index (χ1n) is 6.09. The van der Waals surface area contributed by atoms with Gasteiger partial charge in [-0.3, -0.25) is 4.79 Å². The highest BCUT2D eigenvalue weighted by molar-refractivity contribution is 7.98. The number of rotatable bonds is 4. The molecule has 1 heterocycles. The number of nitrogens with one attached hydrogen (secondary N) is 1. The highest BCUT2D eigenvalue weighted by Crippen LogP contribution is 2.10. The summed E-state index contributed by atoms with van der Waals surface area (Å²) in [4.78, 5) is 20.0. The van der Waals surface area contributed by atoms with Gasteiger partial charge in [0.1, 0.15) is 0 Å². The van der Waals surface area contributed by atoms with Crippen molar-refractivity contribution in [3.8, 4) is 0 Å². The van der Waals surface area contributed by atoms with Crippen LogP contribution in [0.25, 0.3) is 6.08 Å². The molecule has 1 amide bonds. The summed E-state index contributed by atoms with van der Waals surface area (Å²) in [5.74, 6) is -0.178. The summed E-state index contributed by atoms with van der Waals surface area (Å²) in [5.41, 5.74) is 2.73. The summed E-state index contributed by atoms with van der Waals surface area (Å²) in [5, 5.41) is 3.51. The van der Waals surface area contributed by atoms with Crippen LogP contribution in [0.2, 0.25) is 0 Å². The third-order valence-electron chi connectivity index (χ3n) is 2.58. The van der Waals surface area contributed by atoms with Crippen LogP contribution in [0.5, 0.6) is 0 Å². The molecule has 0 saturated carbocycles. The molecule has 5 heteroatoms. The lowest BCUT2D eigenvalue weighted by atomic mass is 10.2. The lowest BCUT2D eigenvalue weighted by Gasteiger charge is -2.02. The first-order chi connectivity index (χ1) is 9.67. The van der Waals surface area contributed by atoms with E-state index in [0.29, 0.717) is 5.16 Å². The SMILES string of the molecule is CSc1ncc(C=CC(=O)Nc2ccc(C)cc2)cn1. The molecule has 2 rings (SSSR count). The van der Waals surface area contributed by atoms with E-state index in [-0.39, 0.29) is 5.91 Å². The van der Waals surface area contributed by atoms with E-state index in [1.165, 1.54) is 17.8 Å². The summed E-state index contributed by atoms with van der Waals surface area (Å²) >= 11 is 1.48. The Balaban J connectivity index is 1.96. The van der Waals surface area contributed by atoms with Crippen molar-refractivity contribution in [3.63, 3.8) is 0 Å². The minimum Gasteiger partial charge on any atom is -0.323 e. The van der Waals surface area contributed by atoms with Gasteiger partial charge in [-0.15, -0.1) is 0 Å². The lowest BCUT2D eigenvalue weighted by Crippen LogP contribution is -2.07. The van der Waals surface area contributed by atoms with Gasteiger partial charge in [-0.25, -0.2) is 9.97 Å². The molecule has 0 atom stereocenters. The molecule has 0 aliphatic rings. The average molecular weight is 285 g/mol. The Labute approximate surface area is 122 Å². The van der Waals surface area contributed by atoms with Crippen LogP contribution in [-0.2, 0) is 4.79 Å². The van der Waals surface area contributed by atoms with Crippen LogP contribution in [0, 0.1) is 6.92 Å². The maximum Gasteiger partial charge on any atom is 0.248 e. The molecule has 102 valence electrons. The van der Waals surface area contributed by atoms with Crippen molar-refractivity contribution < 1.29 is 4.79 Å². The van der Waals surface area contributed by atoms with E-state index in [9.17, 15) is 4.79 Å². The summed E-state index contributed by atoms with van der Waals surface area (Å²) in [7, 11) is 0. The van der Waals surface area contributed by atoms with Gasteiger partial charge >= 0.3 is 0 Å². The van der Waals surface area contributed by atoms with Gasteiger partial charge in [-0.2, -0.15) is 0 Å². The molecule has 0 bridgehead atoms. The van der Waals surface area contributed by atoms with E-state index in [2.05, 4.69) is 15.3 Å². The molecule has 0 fully saturated rings. The van der Waals surface area contributed by atoms with Crippen molar-refractivity contribution >= 4 is 29.4 Å². The van der Waals surface area contributed by atoms with Crippen LogP contribution in [0.3, 0.4) is 0 Å². The highest BCUT2D eigenvalue weighted by atomic mass is 32.2. The summed E-state index contributed by atoms with van der Waals surface area (Å²) < 4.78 is 0. The fourth-order valence-corrected chi connectivity index (χ4v) is 1.83. The van der Waals surface area contributed by atoms with E-state index in [0.717, 1.165) is 16.8 Å². The lowest BCUT2D eigenvalue weighted by molar-refractivity contribution is -0.111. The van der Waals surface area contributed by atoms with Crippen molar-refractivity contribution in [2.75, 3.05) is 11.6 Å². The van der Waals surface area contributed by atoms with Crippen LogP contribution in [-0.4, -0.2) is 22.1 Å². The standard InChI is InChI=1S/C15H15N3OS/c1-11-3-6-13(7-4-11)18-14(19)8-5-12-9-16-15(20-2)17-10-12/h3-10H,1-2H3,(H,18,19). The Morgan fingerprint density at radius 3 is 2.45 bits per heavy atom. The Hall–Kier alpha value is -2.14. The Kier molecular flexibility index (Phi) is 4.90. The number of carbonyl (C=O) groups excluding carboxylic acids is 1. The quantitative estimate of drug-likeness (QED) is 0.532. The molecule has 2 aromatic rings. The normalized spacial score (nSPS) is 10.7. The zero-order valence-corrected chi connectivity index (χ0v) is 12.1. The van der Waals surface area contributed by atoms with E-state index in [1.54, 1.807) is 18.5 Å². The van der Waals surface area contributed by atoms with Gasteiger partial charge in [0.25, 0.3) is 0 Å². The number of carbonyl (C=O) groups is 1. The minimum absolute atomic E-state index is 0.178. The van der Waals surface area contributed by atoms with Gasteiger partial charge in [0.05, 0.1) is 0 Å². The number of anilines is 1. The number of thioether (sulfide) groups is 1. The molecule has 1 aromatic carbocycles. The Morgan fingerprint density at radius 2 is 1.85 bits per heavy atom. The first kappa shape index (κ1) is 14.3. The second-order valence-electron chi connectivity index (χ2n) is 4.19. The minimum atomic E-state index is -0.178. The molecule has 0 radical (unpaired) electrons. The number of nitrogens with zero attached hydrogens (tertiary/aromatic N) is 2. The molecule has 0 saturated heterocycles. The van der Waals surface area contributed by atoms with E-state index in [4.69, 9.17) is 0 Å². The van der Waals surface area contributed by atoms with Crippen LogP contribution in [0.15, 0.2) is 47.9 Å². The van der Waals surface area contributed by atoms with Crippen LogP contribution in [0.1, 0.15) is 11.1 Å². The first-order valence-corrected chi connectivity index (χ1v) is 7.31. The van der Waals surface area contributed by atoms with E-state index >= 15 is 0 Å².